The highest BCUT2D eigenvalue weighted by Crippen LogP contribution is 2.17. The Bertz CT molecular complexity index is 438. The third kappa shape index (κ3) is 3.78. The Kier molecular flexibility index (Phi) is 5.52. The molecule has 4 heteroatoms. The van der Waals surface area contributed by atoms with Crippen LogP contribution in [0.5, 0.6) is 0 Å². The van der Waals surface area contributed by atoms with Gasteiger partial charge in [-0.3, -0.25) is 4.90 Å². The Morgan fingerprint density at radius 1 is 1.50 bits per heavy atom. The Balaban J connectivity index is 2.06. The van der Waals surface area contributed by atoms with Crippen LogP contribution in [0.3, 0.4) is 0 Å². The molecule has 1 N–H and O–H groups in total. The van der Waals surface area contributed by atoms with Crippen LogP contribution in [-0.4, -0.2) is 50.3 Å². The average Bonchev–Trinajstić information content (AvgIpc) is 2.48. The lowest BCUT2D eigenvalue weighted by atomic mass is 9.97. The number of aryl methyl sites for hydroxylation is 1. The number of morpholine rings is 1. The van der Waals surface area contributed by atoms with Crippen molar-refractivity contribution in [3.8, 4) is 0 Å². The first kappa shape index (κ1) is 15.4. The number of likely N-dealkylation sites (N-methyl/N-ethyl adjacent to an activating group) is 2. The van der Waals surface area contributed by atoms with E-state index in [1.807, 2.05) is 20.0 Å². The molecule has 0 saturated carbocycles. The molecule has 20 heavy (non-hydrogen) atoms. The maximum atomic E-state index is 13.4. The summed E-state index contributed by atoms with van der Waals surface area (Å²) in [6.45, 7) is 7.97. The van der Waals surface area contributed by atoms with Crippen molar-refractivity contribution in [1.82, 2.24) is 10.2 Å². The third-order valence-corrected chi connectivity index (χ3v) is 4.20. The summed E-state index contributed by atoms with van der Waals surface area (Å²) in [6, 6.07) is 5.21. The van der Waals surface area contributed by atoms with Gasteiger partial charge >= 0.3 is 0 Å². The lowest BCUT2D eigenvalue weighted by Crippen LogP contribution is -2.52. The fourth-order valence-electron chi connectivity index (χ4n) is 2.78. The van der Waals surface area contributed by atoms with Crippen LogP contribution in [0.2, 0.25) is 0 Å². The summed E-state index contributed by atoms with van der Waals surface area (Å²) in [5.74, 6) is -0.166. The second-order valence-corrected chi connectivity index (χ2v) is 5.47. The van der Waals surface area contributed by atoms with Crippen molar-refractivity contribution in [3.63, 3.8) is 0 Å². The molecule has 1 heterocycles. The summed E-state index contributed by atoms with van der Waals surface area (Å²) in [5.41, 5.74) is 2.19. The topological polar surface area (TPSA) is 24.5 Å². The Morgan fingerprint density at radius 3 is 3.00 bits per heavy atom. The second-order valence-electron chi connectivity index (χ2n) is 5.47. The molecule has 0 aliphatic carbocycles. The van der Waals surface area contributed by atoms with Crippen LogP contribution in [-0.2, 0) is 11.2 Å². The van der Waals surface area contributed by atoms with E-state index in [2.05, 4.69) is 17.1 Å². The number of rotatable bonds is 5. The predicted octanol–water partition coefficient (Wildman–Crippen LogP) is 1.99. The summed E-state index contributed by atoms with van der Waals surface area (Å²) in [7, 11) is 1.95. The summed E-state index contributed by atoms with van der Waals surface area (Å²) in [5, 5.41) is 3.34. The maximum Gasteiger partial charge on any atom is 0.123 e. The van der Waals surface area contributed by atoms with Crippen molar-refractivity contribution >= 4 is 0 Å². The van der Waals surface area contributed by atoms with Crippen LogP contribution < -0.4 is 5.32 Å². The van der Waals surface area contributed by atoms with Gasteiger partial charge in [-0.25, -0.2) is 4.39 Å². The molecular formula is C16H25FN2O. The van der Waals surface area contributed by atoms with Crippen LogP contribution in [0.15, 0.2) is 18.2 Å². The van der Waals surface area contributed by atoms with Crippen LogP contribution in [0.1, 0.15) is 18.1 Å². The van der Waals surface area contributed by atoms with Gasteiger partial charge in [-0.2, -0.15) is 0 Å². The first-order valence-electron chi connectivity index (χ1n) is 7.40. The lowest BCUT2D eigenvalue weighted by Gasteiger charge is -2.36. The Morgan fingerprint density at radius 2 is 2.30 bits per heavy atom. The van der Waals surface area contributed by atoms with E-state index < -0.39 is 0 Å². The molecule has 0 spiro atoms. The molecular weight excluding hydrogens is 255 g/mol. The molecule has 1 fully saturated rings. The molecule has 1 aromatic rings. The van der Waals surface area contributed by atoms with Crippen molar-refractivity contribution in [3.05, 3.63) is 35.1 Å². The van der Waals surface area contributed by atoms with Gasteiger partial charge in [0.15, 0.2) is 0 Å². The van der Waals surface area contributed by atoms with E-state index >= 15 is 0 Å². The standard InChI is InChI=1S/C16H25FN2O/c1-4-19-7-8-20-16(11-19)15(18-3)10-13-9-14(17)6-5-12(13)2/h5-6,9,15-16,18H,4,7-8,10-11H2,1-3H3. The first-order chi connectivity index (χ1) is 9.63. The Labute approximate surface area is 121 Å². The highest BCUT2D eigenvalue weighted by atomic mass is 19.1. The van der Waals surface area contributed by atoms with Crippen LogP contribution in [0.25, 0.3) is 0 Å². The molecule has 2 rings (SSSR count). The SMILES string of the molecule is CCN1CCOC(C(Cc2cc(F)ccc2C)NC)C1. The van der Waals surface area contributed by atoms with Gasteiger partial charge in [0.1, 0.15) is 5.82 Å². The van der Waals surface area contributed by atoms with Crippen LogP contribution in [0.4, 0.5) is 4.39 Å². The lowest BCUT2D eigenvalue weighted by molar-refractivity contribution is -0.0436. The van der Waals surface area contributed by atoms with Gasteiger partial charge in [0, 0.05) is 19.1 Å². The normalized spacial score (nSPS) is 21.9. The summed E-state index contributed by atoms with van der Waals surface area (Å²) in [6.07, 6.45) is 0.957. The van der Waals surface area contributed by atoms with E-state index in [0.717, 1.165) is 43.8 Å². The van der Waals surface area contributed by atoms with Gasteiger partial charge < -0.3 is 10.1 Å². The summed E-state index contributed by atoms with van der Waals surface area (Å²) in [4.78, 5) is 2.40. The van der Waals surface area contributed by atoms with Crippen molar-refractivity contribution in [2.45, 2.75) is 32.4 Å². The number of halogens is 1. The molecule has 0 aromatic heterocycles. The monoisotopic (exact) mass is 280 g/mol. The zero-order valence-electron chi connectivity index (χ0n) is 12.7. The zero-order chi connectivity index (χ0) is 14.5. The fourth-order valence-corrected chi connectivity index (χ4v) is 2.78. The number of nitrogens with zero attached hydrogens (tertiary/aromatic N) is 1. The van der Waals surface area contributed by atoms with Gasteiger partial charge in [-0.1, -0.05) is 13.0 Å². The van der Waals surface area contributed by atoms with Gasteiger partial charge in [-0.15, -0.1) is 0 Å². The highest BCUT2D eigenvalue weighted by molar-refractivity contribution is 5.27. The van der Waals surface area contributed by atoms with Crippen molar-refractivity contribution < 1.29 is 9.13 Å². The molecule has 1 saturated heterocycles. The largest absolute Gasteiger partial charge is 0.374 e. The average molecular weight is 280 g/mol. The smallest absolute Gasteiger partial charge is 0.123 e. The third-order valence-electron chi connectivity index (χ3n) is 4.20. The fraction of sp³-hybridized carbons (Fsp3) is 0.625. The first-order valence-corrected chi connectivity index (χ1v) is 7.40. The minimum atomic E-state index is -0.166. The molecule has 2 atom stereocenters. The van der Waals surface area contributed by atoms with E-state index in [4.69, 9.17) is 4.74 Å². The van der Waals surface area contributed by atoms with Gasteiger partial charge in [0.25, 0.3) is 0 Å². The number of hydrogen-bond donors (Lipinski definition) is 1. The number of hydrogen-bond acceptors (Lipinski definition) is 3. The minimum Gasteiger partial charge on any atom is -0.374 e. The Hall–Kier alpha value is -0.970. The number of ether oxygens (including phenoxy) is 1. The predicted molar refractivity (Wildman–Crippen MR) is 79.5 cm³/mol. The van der Waals surface area contributed by atoms with Crippen molar-refractivity contribution in [2.75, 3.05) is 33.3 Å². The molecule has 112 valence electrons. The van der Waals surface area contributed by atoms with Gasteiger partial charge in [0.05, 0.1) is 12.7 Å². The zero-order valence-corrected chi connectivity index (χ0v) is 12.7. The van der Waals surface area contributed by atoms with E-state index in [1.54, 1.807) is 6.07 Å². The van der Waals surface area contributed by atoms with Crippen LogP contribution >= 0.6 is 0 Å². The maximum absolute atomic E-state index is 13.4. The van der Waals surface area contributed by atoms with Crippen molar-refractivity contribution in [1.29, 1.82) is 0 Å². The summed E-state index contributed by atoms with van der Waals surface area (Å²) >= 11 is 0. The molecule has 0 amide bonds. The minimum absolute atomic E-state index is 0.163. The van der Waals surface area contributed by atoms with E-state index in [0.29, 0.717) is 0 Å². The van der Waals surface area contributed by atoms with Gasteiger partial charge in [-0.05, 0) is 50.2 Å². The molecule has 0 bridgehead atoms. The molecule has 0 radical (unpaired) electrons. The highest BCUT2D eigenvalue weighted by Gasteiger charge is 2.27. The van der Waals surface area contributed by atoms with E-state index in [9.17, 15) is 4.39 Å². The van der Waals surface area contributed by atoms with Gasteiger partial charge in [0.2, 0.25) is 0 Å². The second kappa shape index (κ2) is 7.16. The molecule has 1 aromatic carbocycles. The summed E-state index contributed by atoms with van der Waals surface area (Å²) < 4.78 is 19.3. The van der Waals surface area contributed by atoms with Crippen molar-refractivity contribution in [2.24, 2.45) is 0 Å². The van der Waals surface area contributed by atoms with E-state index in [1.165, 1.54) is 6.07 Å². The number of benzene rings is 1. The molecule has 3 nitrogen and oxygen atoms in total. The van der Waals surface area contributed by atoms with E-state index in [-0.39, 0.29) is 18.0 Å². The molecule has 1 aliphatic heterocycles. The van der Waals surface area contributed by atoms with Crippen LogP contribution in [0, 0.1) is 12.7 Å². The quantitative estimate of drug-likeness (QED) is 0.892. The number of nitrogens with one attached hydrogen (secondary N) is 1. The molecule has 1 aliphatic rings. The molecule has 2 unspecified atom stereocenters.